The zero-order chi connectivity index (χ0) is 10.4. The van der Waals surface area contributed by atoms with Crippen LogP contribution in [0.3, 0.4) is 0 Å². The zero-order valence-electron chi connectivity index (χ0n) is 8.95. The lowest BCUT2D eigenvalue weighted by Gasteiger charge is -2.01. The van der Waals surface area contributed by atoms with E-state index in [2.05, 4.69) is 24.2 Å². The van der Waals surface area contributed by atoms with Crippen LogP contribution in [0.2, 0.25) is 0 Å². The molecule has 0 saturated heterocycles. The van der Waals surface area contributed by atoms with Gasteiger partial charge in [0, 0.05) is 18.2 Å². The van der Waals surface area contributed by atoms with Crippen LogP contribution in [0.1, 0.15) is 24.5 Å². The van der Waals surface area contributed by atoms with Crippen LogP contribution in [-0.2, 0) is 17.1 Å². The Hall–Kier alpha value is -0.0600. The maximum absolute atomic E-state index is 5.02. The topological polar surface area (TPSA) is 22.1 Å². The molecule has 2 nitrogen and oxygen atoms in total. The summed E-state index contributed by atoms with van der Waals surface area (Å²) in [6, 6.07) is 0. The Morgan fingerprint density at radius 1 is 1.57 bits per heavy atom. The van der Waals surface area contributed by atoms with Crippen molar-refractivity contribution in [2.45, 2.75) is 26.2 Å². The summed E-state index contributed by atoms with van der Waals surface area (Å²) in [4.78, 5) is 4.47. The second-order valence-electron chi connectivity index (χ2n) is 3.57. The molecular weight excluding hydrogens is 214 g/mol. The van der Waals surface area contributed by atoms with Crippen LogP contribution in [0.15, 0.2) is 5.38 Å². The summed E-state index contributed by atoms with van der Waals surface area (Å²) >= 11 is 3.68. The summed E-state index contributed by atoms with van der Waals surface area (Å²) in [5, 5.41) is 3.29. The second-order valence-corrected chi connectivity index (χ2v) is 5.55. The van der Waals surface area contributed by atoms with Crippen molar-refractivity contribution >= 4 is 23.1 Å². The first kappa shape index (κ1) is 12.0. The van der Waals surface area contributed by atoms with E-state index in [0.29, 0.717) is 6.61 Å². The molecule has 0 amide bonds. The predicted molar refractivity (Wildman–Crippen MR) is 63.8 cm³/mol. The molecule has 1 heterocycles. The highest BCUT2D eigenvalue weighted by molar-refractivity contribution is 7.98. The number of thiazole rings is 1. The van der Waals surface area contributed by atoms with E-state index in [1.54, 1.807) is 18.4 Å². The molecule has 0 atom stereocenters. The Morgan fingerprint density at radius 3 is 3.00 bits per heavy atom. The fraction of sp³-hybridized carbons (Fsp3) is 0.700. The van der Waals surface area contributed by atoms with E-state index < -0.39 is 0 Å². The minimum atomic E-state index is 0.630. The number of methoxy groups -OCH3 is 1. The number of hydrogen-bond acceptors (Lipinski definition) is 4. The van der Waals surface area contributed by atoms with Gasteiger partial charge in [-0.2, -0.15) is 11.8 Å². The smallest absolute Gasteiger partial charge is 0.103 e. The summed E-state index contributed by atoms with van der Waals surface area (Å²) in [7, 11) is 1.70. The highest BCUT2D eigenvalue weighted by atomic mass is 32.2. The molecule has 0 radical (unpaired) electrons. The Morgan fingerprint density at radius 2 is 2.36 bits per heavy atom. The number of aromatic nitrogens is 1. The number of rotatable bonds is 6. The quantitative estimate of drug-likeness (QED) is 0.750. The van der Waals surface area contributed by atoms with Crippen molar-refractivity contribution in [3.8, 4) is 0 Å². The molecule has 0 N–H and O–H groups in total. The van der Waals surface area contributed by atoms with Gasteiger partial charge in [-0.25, -0.2) is 4.98 Å². The van der Waals surface area contributed by atoms with Crippen molar-refractivity contribution in [1.82, 2.24) is 4.98 Å². The summed E-state index contributed by atoms with van der Waals surface area (Å²) in [6.07, 6.45) is 0. The summed E-state index contributed by atoms with van der Waals surface area (Å²) in [6.45, 7) is 5.11. The van der Waals surface area contributed by atoms with Crippen LogP contribution in [-0.4, -0.2) is 17.8 Å². The standard InChI is InChI=1S/C10H17NOS2/c1-8(2)5-13-7-10-11-9(4-12-3)6-14-10/h6,8H,4-5,7H2,1-3H3. The van der Waals surface area contributed by atoms with E-state index >= 15 is 0 Å². The van der Waals surface area contributed by atoms with Gasteiger partial charge in [0.05, 0.1) is 12.3 Å². The first-order valence-electron chi connectivity index (χ1n) is 4.72. The molecule has 0 saturated carbocycles. The summed E-state index contributed by atoms with van der Waals surface area (Å²) in [5.74, 6) is 3.00. The van der Waals surface area contributed by atoms with Crippen LogP contribution >= 0.6 is 23.1 Å². The van der Waals surface area contributed by atoms with Gasteiger partial charge in [-0.3, -0.25) is 0 Å². The van der Waals surface area contributed by atoms with Gasteiger partial charge in [0.25, 0.3) is 0 Å². The van der Waals surface area contributed by atoms with Crippen LogP contribution in [0.4, 0.5) is 0 Å². The van der Waals surface area contributed by atoms with Crippen molar-refractivity contribution in [1.29, 1.82) is 0 Å². The SMILES string of the molecule is COCc1csc(CSCC(C)C)n1. The molecule has 80 valence electrons. The van der Waals surface area contributed by atoms with Crippen LogP contribution in [0, 0.1) is 5.92 Å². The highest BCUT2D eigenvalue weighted by Gasteiger charge is 2.02. The fourth-order valence-electron chi connectivity index (χ4n) is 1.01. The van der Waals surface area contributed by atoms with E-state index in [9.17, 15) is 0 Å². The summed E-state index contributed by atoms with van der Waals surface area (Å²) in [5.41, 5.74) is 1.05. The van der Waals surface area contributed by atoms with E-state index in [0.717, 1.165) is 17.4 Å². The molecule has 1 rings (SSSR count). The van der Waals surface area contributed by atoms with Gasteiger partial charge in [0.1, 0.15) is 5.01 Å². The zero-order valence-corrected chi connectivity index (χ0v) is 10.6. The van der Waals surface area contributed by atoms with Crippen molar-refractivity contribution < 1.29 is 4.74 Å². The molecule has 0 unspecified atom stereocenters. The average molecular weight is 231 g/mol. The van der Waals surface area contributed by atoms with Gasteiger partial charge in [-0.05, 0) is 11.7 Å². The molecule has 1 aromatic rings. The number of hydrogen-bond donors (Lipinski definition) is 0. The molecular formula is C10H17NOS2. The van der Waals surface area contributed by atoms with Gasteiger partial charge in [0.2, 0.25) is 0 Å². The maximum atomic E-state index is 5.02. The average Bonchev–Trinajstić information content (AvgIpc) is 2.53. The van der Waals surface area contributed by atoms with E-state index in [-0.39, 0.29) is 0 Å². The molecule has 0 fully saturated rings. The van der Waals surface area contributed by atoms with Crippen LogP contribution < -0.4 is 0 Å². The number of ether oxygens (including phenoxy) is 1. The normalized spacial score (nSPS) is 11.1. The van der Waals surface area contributed by atoms with E-state index in [1.807, 2.05) is 11.8 Å². The van der Waals surface area contributed by atoms with E-state index in [1.165, 1.54) is 10.8 Å². The van der Waals surface area contributed by atoms with Crippen LogP contribution in [0.25, 0.3) is 0 Å². The molecule has 0 bridgehead atoms. The Balaban J connectivity index is 2.28. The lowest BCUT2D eigenvalue weighted by molar-refractivity contribution is 0.182. The lowest BCUT2D eigenvalue weighted by atomic mass is 10.3. The molecule has 0 aliphatic heterocycles. The monoisotopic (exact) mass is 231 g/mol. The molecule has 4 heteroatoms. The number of thioether (sulfide) groups is 1. The minimum absolute atomic E-state index is 0.630. The maximum Gasteiger partial charge on any atom is 0.103 e. The van der Waals surface area contributed by atoms with Gasteiger partial charge in [0.15, 0.2) is 0 Å². The third-order valence-corrected chi connectivity index (χ3v) is 4.03. The minimum Gasteiger partial charge on any atom is -0.378 e. The van der Waals surface area contributed by atoms with Gasteiger partial charge >= 0.3 is 0 Å². The van der Waals surface area contributed by atoms with Crippen molar-refractivity contribution in [3.63, 3.8) is 0 Å². The molecule has 0 aliphatic carbocycles. The Kier molecular flexibility index (Phi) is 5.52. The van der Waals surface area contributed by atoms with Gasteiger partial charge in [-0.15, -0.1) is 11.3 Å². The third-order valence-electron chi connectivity index (χ3n) is 1.57. The molecule has 0 spiro atoms. The van der Waals surface area contributed by atoms with Crippen molar-refractivity contribution in [2.24, 2.45) is 5.92 Å². The predicted octanol–water partition coefficient (Wildman–Crippen LogP) is 3.18. The highest BCUT2D eigenvalue weighted by Crippen LogP contribution is 2.18. The third kappa shape index (κ3) is 4.44. The summed E-state index contributed by atoms with van der Waals surface area (Å²) < 4.78 is 5.02. The van der Waals surface area contributed by atoms with Gasteiger partial charge < -0.3 is 4.74 Å². The lowest BCUT2D eigenvalue weighted by Crippen LogP contribution is -1.92. The molecule has 1 aromatic heterocycles. The molecule has 14 heavy (non-hydrogen) atoms. The van der Waals surface area contributed by atoms with Gasteiger partial charge in [-0.1, -0.05) is 13.8 Å². The van der Waals surface area contributed by atoms with Crippen molar-refractivity contribution in [3.05, 3.63) is 16.1 Å². The number of nitrogens with zero attached hydrogens (tertiary/aromatic N) is 1. The first-order valence-corrected chi connectivity index (χ1v) is 6.75. The molecule has 0 aliphatic rings. The Labute approximate surface area is 94.1 Å². The fourth-order valence-corrected chi connectivity index (χ4v) is 2.92. The molecule has 0 aromatic carbocycles. The Bertz CT molecular complexity index is 260. The van der Waals surface area contributed by atoms with E-state index in [4.69, 9.17) is 4.74 Å². The second kappa shape index (κ2) is 6.43. The first-order chi connectivity index (χ1) is 6.72. The van der Waals surface area contributed by atoms with Crippen LogP contribution in [0.5, 0.6) is 0 Å². The largest absolute Gasteiger partial charge is 0.378 e. The van der Waals surface area contributed by atoms with Crippen molar-refractivity contribution in [2.75, 3.05) is 12.9 Å².